The van der Waals surface area contributed by atoms with E-state index in [1.807, 2.05) is 30.3 Å². The highest BCUT2D eigenvalue weighted by molar-refractivity contribution is 7.54. The van der Waals surface area contributed by atoms with Crippen molar-refractivity contribution < 1.29 is 27.9 Å². The molecule has 2 aromatic rings. The van der Waals surface area contributed by atoms with Crippen LogP contribution >= 0.6 is 7.60 Å². The molecule has 1 unspecified atom stereocenters. The van der Waals surface area contributed by atoms with Crippen LogP contribution in [0.1, 0.15) is 34.1 Å². The first kappa shape index (κ1) is 22.9. The summed E-state index contributed by atoms with van der Waals surface area (Å²) in [5, 5.41) is 1.96. The first-order valence-electron chi connectivity index (χ1n) is 9.34. The molecule has 0 N–H and O–H groups in total. The van der Waals surface area contributed by atoms with Crippen LogP contribution in [0.15, 0.2) is 54.1 Å². The van der Waals surface area contributed by atoms with Crippen LogP contribution in [0.2, 0.25) is 0 Å². The van der Waals surface area contributed by atoms with Crippen molar-refractivity contribution in [2.45, 2.75) is 34.1 Å². The highest BCUT2D eigenvalue weighted by atomic mass is 31.2. The predicted octanol–water partition coefficient (Wildman–Crippen LogP) is 5.51. The van der Waals surface area contributed by atoms with Gasteiger partial charge in [0.2, 0.25) is 6.79 Å². The Labute approximate surface area is 171 Å². The van der Waals surface area contributed by atoms with E-state index in [1.165, 1.54) is 0 Å². The van der Waals surface area contributed by atoms with Gasteiger partial charge in [-0.2, -0.15) is 0 Å². The molecule has 0 heterocycles. The summed E-state index contributed by atoms with van der Waals surface area (Å²) in [7, 11) is -3.63. The van der Waals surface area contributed by atoms with Crippen molar-refractivity contribution in [1.29, 1.82) is 0 Å². The quantitative estimate of drug-likeness (QED) is 0.176. The predicted molar refractivity (Wildman–Crippen MR) is 113 cm³/mol. The van der Waals surface area contributed by atoms with Gasteiger partial charge in [-0.05, 0) is 62.6 Å². The zero-order valence-corrected chi connectivity index (χ0v) is 18.1. The van der Waals surface area contributed by atoms with Crippen molar-refractivity contribution in [3.8, 4) is 5.75 Å². The second-order valence-electron chi connectivity index (χ2n) is 7.72. The highest BCUT2D eigenvalue weighted by Crippen LogP contribution is 2.49. The molecule has 0 aliphatic rings. The van der Waals surface area contributed by atoms with Crippen molar-refractivity contribution in [3.05, 3.63) is 54.1 Å². The number of allylic oxidation sites excluding steroid dienone is 2. The lowest BCUT2D eigenvalue weighted by Crippen LogP contribution is -2.24. The van der Waals surface area contributed by atoms with E-state index in [9.17, 15) is 14.2 Å². The van der Waals surface area contributed by atoms with E-state index in [1.54, 1.807) is 45.9 Å². The lowest BCUT2D eigenvalue weighted by Gasteiger charge is -2.21. The molecule has 0 aliphatic heterocycles. The van der Waals surface area contributed by atoms with E-state index in [0.29, 0.717) is 17.7 Å². The summed E-state index contributed by atoms with van der Waals surface area (Å²) in [4.78, 5) is 22.7. The third-order valence-corrected chi connectivity index (χ3v) is 5.87. The molecule has 6 nitrogen and oxygen atoms in total. The molecule has 0 fully saturated rings. The second kappa shape index (κ2) is 9.86. The SMILES string of the molecule is C/C(C=O)=C\CCP(=O)(OCOC(=O)C(C)(C)C)Oc1ccc2ccccc2c1. The summed E-state index contributed by atoms with van der Waals surface area (Å²) in [5.74, 6) is -0.0725. The highest BCUT2D eigenvalue weighted by Gasteiger charge is 2.28. The van der Waals surface area contributed by atoms with Gasteiger partial charge >= 0.3 is 13.6 Å². The zero-order chi connectivity index (χ0) is 21.5. The fourth-order valence-electron chi connectivity index (χ4n) is 2.40. The van der Waals surface area contributed by atoms with Gasteiger partial charge in [-0.15, -0.1) is 0 Å². The van der Waals surface area contributed by atoms with Crippen LogP contribution in [-0.2, 0) is 23.4 Å². The third-order valence-electron chi connectivity index (χ3n) is 4.07. The number of carbonyl (C=O) groups excluding carboxylic acids is 2. The average molecular weight is 418 g/mol. The van der Waals surface area contributed by atoms with Gasteiger partial charge < -0.3 is 9.26 Å². The maximum atomic E-state index is 13.3. The van der Waals surface area contributed by atoms with E-state index in [0.717, 1.165) is 17.1 Å². The van der Waals surface area contributed by atoms with E-state index in [4.69, 9.17) is 13.8 Å². The van der Waals surface area contributed by atoms with Crippen LogP contribution in [0.5, 0.6) is 5.75 Å². The topological polar surface area (TPSA) is 78.9 Å². The first-order chi connectivity index (χ1) is 13.6. The monoisotopic (exact) mass is 418 g/mol. The van der Waals surface area contributed by atoms with Crippen LogP contribution in [0, 0.1) is 5.41 Å². The van der Waals surface area contributed by atoms with Crippen LogP contribution < -0.4 is 4.52 Å². The number of rotatable bonds is 9. The van der Waals surface area contributed by atoms with E-state index < -0.39 is 25.8 Å². The van der Waals surface area contributed by atoms with Crippen LogP contribution in [0.4, 0.5) is 0 Å². The summed E-state index contributed by atoms with van der Waals surface area (Å²) >= 11 is 0. The Balaban J connectivity index is 2.14. The number of fused-ring (bicyclic) bond motifs is 1. The Morgan fingerprint density at radius 2 is 1.79 bits per heavy atom. The number of ether oxygens (including phenoxy) is 1. The molecule has 2 rings (SSSR count). The van der Waals surface area contributed by atoms with Gasteiger partial charge in [0.05, 0.1) is 11.6 Å². The fourth-order valence-corrected chi connectivity index (χ4v) is 3.76. The number of aldehydes is 1. The van der Waals surface area contributed by atoms with E-state index in [2.05, 4.69) is 0 Å². The summed E-state index contributed by atoms with van der Waals surface area (Å²) in [5.41, 5.74) is -0.169. The van der Waals surface area contributed by atoms with Crippen LogP contribution in [0.3, 0.4) is 0 Å². The van der Waals surface area contributed by atoms with Crippen molar-refractivity contribution in [2.24, 2.45) is 5.41 Å². The van der Waals surface area contributed by atoms with Crippen molar-refractivity contribution in [2.75, 3.05) is 13.0 Å². The zero-order valence-electron chi connectivity index (χ0n) is 17.2. The summed E-state index contributed by atoms with van der Waals surface area (Å²) < 4.78 is 29.5. The summed E-state index contributed by atoms with van der Waals surface area (Å²) in [6, 6.07) is 13.1. The summed E-state index contributed by atoms with van der Waals surface area (Å²) in [6.07, 6.45) is 2.75. The van der Waals surface area contributed by atoms with E-state index >= 15 is 0 Å². The molecule has 0 radical (unpaired) electrons. The lowest BCUT2D eigenvalue weighted by molar-refractivity contribution is -0.159. The van der Waals surface area contributed by atoms with Gasteiger partial charge in [0.25, 0.3) is 0 Å². The first-order valence-corrected chi connectivity index (χ1v) is 11.1. The smallest absolute Gasteiger partial charge is 0.382 e. The van der Waals surface area contributed by atoms with Crippen molar-refractivity contribution in [1.82, 2.24) is 0 Å². The fraction of sp³-hybridized carbons (Fsp3) is 0.364. The van der Waals surface area contributed by atoms with Gasteiger partial charge in [0.15, 0.2) is 0 Å². The molecule has 0 spiro atoms. The van der Waals surface area contributed by atoms with Crippen LogP contribution in [-0.4, -0.2) is 25.2 Å². The molecule has 29 heavy (non-hydrogen) atoms. The maximum absolute atomic E-state index is 13.3. The lowest BCUT2D eigenvalue weighted by atomic mass is 9.98. The van der Waals surface area contributed by atoms with Gasteiger partial charge in [0, 0.05) is 0 Å². The molecule has 0 aliphatic carbocycles. The molecule has 156 valence electrons. The molecular formula is C22H27O6P. The Morgan fingerprint density at radius 1 is 1.10 bits per heavy atom. The Morgan fingerprint density at radius 3 is 2.45 bits per heavy atom. The molecule has 0 aromatic heterocycles. The number of carbonyl (C=O) groups is 2. The van der Waals surface area contributed by atoms with Crippen molar-refractivity contribution in [3.63, 3.8) is 0 Å². The normalized spacial score (nSPS) is 14.3. The number of hydrogen-bond donors (Lipinski definition) is 0. The molecule has 0 bridgehead atoms. The minimum Gasteiger partial charge on any atom is -0.438 e. The van der Waals surface area contributed by atoms with Gasteiger partial charge in [0.1, 0.15) is 12.0 Å². The largest absolute Gasteiger partial charge is 0.438 e. The third kappa shape index (κ3) is 7.15. The summed E-state index contributed by atoms with van der Waals surface area (Å²) in [6.45, 7) is 6.33. The minimum atomic E-state index is -3.63. The Hall–Kier alpha value is -2.43. The molecule has 2 aromatic carbocycles. The van der Waals surface area contributed by atoms with Gasteiger partial charge in [-0.25, -0.2) is 4.57 Å². The Kier molecular flexibility index (Phi) is 7.77. The number of benzene rings is 2. The number of hydrogen-bond acceptors (Lipinski definition) is 6. The Bertz CT molecular complexity index is 942. The van der Waals surface area contributed by atoms with Gasteiger partial charge in [-0.3, -0.25) is 14.1 Å². The van der Waals surface area contributed by atoms with Gasteiger partial charge in [-0.1, -0.05) is 36.4 Å². The number of esters is 1. The molecule has 0 amide bonds. The van der Waals surface area contributed by atoms with Crippen LogP contribution in [0.25, 0.3) is 10.8 Å². The maximum Gasteiger partial charge on any atom is 0.382 e. The average Bonchev–Trinajstić information content (AvgIpc) is 2.66. The van der Waals surface area contributed by atoms with Crippen molar-refractivity contribution >= 4 is 30.6 Å². The van der Waals surface area contributed by atoms with E-state index in [-0.39, 0.29) is 6.16 Å². The molecule has 0 saturated carbocycles. The molecular weight excluding hydrogens is 391 g/mol. The minimum absolute atomic E-state index is 0.0398. The standard InChI is InChI=1S/C22H27O6P/c1-17(15-23)8-7-13-29(25,27-16-26-21(24)22(2,3)4)28-20-12-11-18-9-5-6-10-19(18)14-20/h5-6,8-12,14-15H,7,13,16H2,1-4H3/b17-8+. The molecule has 7 heteroatoms. The molecule has 0 saturated heterocycles. The molecule has 1 atom stereocenters. The second-order valence-corrected chi connectivity index (χ2v) is 9.83.